The molecule has 1 N–H and O–H groups in total. The van der Waals surface area contributed by atoms with Gasteiger partial charge in [-0.3, -0.25) is 9.79 Å². The van der Waals surface area contributed by atoms with Crippen LogP contribution in [0.1, 0.15) is 29.5 Å². The average Bonchev–Trinajstić information content (AvgIpc) is 3.14. The molecule has 0 unspecified atom stereocenters. The fourth-order valence-electron chi connectivity index (χ4n) is 3.50. The van der Waals surface area contributed by atoms with Crippen molar-refractivity contribution in [1.82, 2.24) is 15.1 Å². The number of guanidine groups is 1. The number of likely N-dealkylation sites (tertiary alicyclic amines) is 1. The van der Waals surface area contributed by atoms with Crippen molar-refractivity contribution in [3.8, 4) is 0 Å². The Kier molecular flexibility index (Phi) is 7.58. The third-order valence-corrected chi connectivity index (χ3v) is 5.91. The van der Waals surface area contributed by atoms with E-state index in [9.17, 15) is 4.79 Å². The average molecular weight is 411 g/mol. The molecule has 1 aliphatic heterocycles. The number of hydrogen-bond donors (Lipinski definition) is 1. The first-order valence-electron chi connectivity index (χ1n) is 9.99. The summed E-state index contributed by atoms with van der Waals surface area (Å²) in [5.41, 5.74) is 3.63. The van der Waals surface area contributed by atoms with Gasteiger partial charge in [-0.1, -0.05) is 36.4 Å². The van der Waals surface area contributed by atoms with Gasteiger partial charge in [0.25, 0.3) is 0 Å². The Morgan fingerprint density at radius 2 is 1.76 bits per heavy atom. The first kappa shape index (κ1) is 21.2. The largest absolute Gasteiger partial charge is 0.352 e. The lowest BCUT2D eigenvalue weighted by molar-refractivity contribution is -0.128. The van der Waals surface area contributed by atoms with E-state index in [-0.39, 0.29) is 5.91 Å². The monoisotopic (exact) mass is 410 g/mol. The maximum atomic E-state index is 11.8. The number of nitrogens with one attached hydrogen (secondary N) is 1. The van der Waals surface area contributed by atoms with Crippen LogP contribution in [-0.2, 0) is 24.4 Å². The molecule has 2 aromatic carbocycles. The Morgan fingerprint density at radius 1 is 1.10 bits per heavy atom. The van der Waals surface area contributed by atoms with Crippen molar-refractivity contribution in [3.63, 3.8) is 0 Å². The molecule has 2 aromatic rings. The van der Waals surface area contributed by atoms with Crippen molar-refractivity contribution < 1.29 is 4.79 Å². The summed E-state index contributed by atoms with van der Waals surface area (Å²) >= 11 is 1.75. The van der Waals surface area contributed by atoms with E-state index in [0.717, 1.165) is 25.5 Å². The third kappa shape index (κ3) is 6.00. The van der Waals surface area contributed by atoms with E-state index in [4.69, 9.17) is 0 Å². The fraction of sp³-hybridized carbons (Fsp3) is 0.391. The SMILES string of the molecule is CN=C(NCc1ccc(CN2CCCC2=O)cc1)N(C)Cc1ccc(SC)cc1. The summed E-state index contributed by atoms with van der Waals surface area (Å²) < 4.78 is 0. The van der Waals surface area contributed by atoms with Gasteiger partial charge in [0.15, 0.2) is 5.96 Å². The minimum Gasteiger partial charge on any atom is -0.352 e. The number of aliphatic imine (C=N–C) groups is 1. The zero-order valence-electron chi connectivity index (χ0n) is 17.5. The van der Waals surface area contributed by atoms with Gasteiger partial charge in [-0.15, -0.1) is 11.8 Å². The standard InChI is InChI=1S/C23H30N4OS/c1-24-23(26(2)16-19-10-12-21(29-3)13-11-19)25-15-18-6-8-20(9-7-18)17-27-14-4-5-22(27)28/h6-13H,4-5,14-17H2,1-3H3,(H,24,25). The quantitative estimate of drug-likeness (QED) is 0.429. The van der Waals surface area contributed by atoms with Crippen molar-refractivity contribution >= 4 is 23.6 Å². The second kappa shape index (κ2) is 10.3. The second-order valence-corrected chi connectivity index (χ2v) is 8.22. The predicted molar refractivity (Wildman–Crippen MR) is 121 cm³/mol. The van der Waals surface area contributed by atoms with Crippen molar-refractivity contribution in [3.05, 3.63) is 65.2 Å². The number of amides is 1. The molecule has 154 valence electrons. The summed E-state index contributed by atoms with van der Waals surface area (Å²) in [6.07, 6.45) is 3.76. The highest BCUT2D eigenvalue weighted by Gasteiger charge is 2.19. The number of benzene rings is 2. The topological polar surface area (TPSA) is 47.9 Å². The molecule has 5 nitrogen and oxygen atoms in total. The number of rotatable bonds is 7. The molecule has 29 heavy (non-hydrogen) atoms. The molecule has 0 radical (unpaired) electrons. The van der Waals surface area contributed by atoms with Crippen LogP contribution in [-0.4, -0.2) is 48.6 Å². The lowest BCUT2D eigenvalue weighted by atomic mass is 10.1. The van der Waals surface area contributed by atoms with Crippen LogP contribution in [0.2, 0.25) is 0 Å². The fourth-order valence-corrected chi connectivity index (χ4v) is 3.91. The molecule has 0 atom stereocenters. The summed E-state index contributed by atoms with van der Waals surface area (Å²) in [7, 11) is 3.86. The smallest absolute Gasteiger partial charge is 0.222 e. The first-order chi connectivity index (χ1) is 14.1. The van der Waals surface area contributed by atoms with Crippen molar-refractivity contribution in [2.24, 2.45) is 4.99 Å². The van der Waals surface area contributed by atoms with Gasteiger partial charge >= 0.3 is 0 Å². The molecule has 1 saturated heterocycles. The molecular formula is C23H30N4OS. The number of thioether (sulfide) groups is 1. The van der Waals surface area contributed by atoms with Crippen LogP contribution in [0.3, 0.4) is 0 Å². The predicted octanol–water partition coefficient (Wildman–Crippen LogP) is 3.74. The zero-order chi connectivity index (χ0) is 20.6. The molecule has 6 heteroatoms. The zero-order valence-corrected chi connectivity index (χ0v) is 18.3. The number of nitrogens with zero attached hydrogens (tertiary/aromatic N) is 3. The van der Waals surface area contributed by atoms with E-state index in [0.29, 0.717) is 19.5 Å². The van der Waals surface area contributed by atoms with Gasteiger partial charge in [0.05, 0.1) is 0 Å². The van der Waals surface area contributed by atoms with Crippen LogP contribution in [0.4, 0.5) is 0 Å². The summed E-state index contributed by atoms with van der Waals surface area (Å²) in [5.74, 6) is 1.14. The van der Waals surface area contributed by atoms with Gasteiger partial charge in [-0.2, -0.15) is 0 Å². The Hall–Kier alpha value is -2.47. The molecule has 0 aliphatic carbocycles. The third-order valence-electron chi connectivity index (χ3n) is 5.17. The summed E-state index contributed by atoms with van der Waals surface area (Å²) in [6.45, 7) is 3.11. The Labute approximate surface area is 178 Å². The summed E-state index contributed by atoms with van der Waals surface area (Å²) in [6, 6.07) is 17.1. The van der Waals surface area contributed by atoms with E-state index >= 15 is 0 Å². The first-order valence-corrected chi connectivity index (χ1v) is 11.2. The van der Waals surface area contributed by atoms with Crippen LogP contribution in [0.15, 0.2) is 58.4 Å². The van der Waals surface area contributed by atoms with Gasteiger partial charge in [0.2, 0.25) is 5.91 Å². The van der Waals surface area contributed by atoms with Gasteiger partial charge in [-0.25, -0.2) is 0 Å². The summed E-state index contributed by atoms with van der Waals surface area (Å²) in [5, 5.41) is 3.44. The molecule has 0 aromatic heterocycles. The van der Waals surface area contributed by atoms with Crippen molar-refractivity contribution in [2.45, 2.75) is 37.4 Å². The van der Waals surface area contributed by atoms with Gasteiger partial charge in [-0.05, 0) is 41.5 Å². The molecule has 1 amide bonds. The van der Waals surface area contributed by atoms with E-state index in [1.807, 2.05) is 19.0 Å². The highest BCUT2D eigenvalue weighted by atomic mass is 32.2. The van der Waals surface area contributed by atoms with Gasteiger partial charge in [0.1, 0.15) is 0 Å². The molecule has 3 rings (SSSR count). The highest BCUT2D eigenvalue weighted by Crippen LogP contribution is 2.16. The molecular weight excluding hydrogens is 380 g/mol. The minimum absolute atomic E-state index is 0.269. The Bertz CT molecular complexity index is 833. The Balaban J connectivity index is 1.50. The van der Waals surface area contributed by atoms with Crippen LogP contribution in [0.25, 0.3) is 0 Å². The minimum atomic E-state index is 0.269. The van der Waals surface area contributed by atoms with Crippen molar-refractivity contribution in [1.29, 1.82) is 0 Å². The number of carbonyl (C=O) groups is 1. The summed E-state index contributed by atoms with van der Waals surface area (Å²) in [4.78, 5) is 21.5. The number of carbonyl (C=O) groups excluding carboxylic acids is 1. The maximum Gasteiger partial charge on any atom is 0.222 e. The normalized spacial score (nSPS) is 14.4. The van der Waals surface area contributed by atoms with Crippen LogP contribution in [0.5, 0.6) is 0 Å². The molecule has 1 fully saturated rings. The van der Waals surface area contributed by atoms with Crippen LogP contribution < -0.4 is 5.32 Å². The molecule has 1 aliphatic rings. The van der Waals surface area contributed by atoms with Gasteiger partial charge < -0.3 is 15.1 Å². The van der Waals surface area contributed by atoms with Crippen molar-refractivity contribution in [2.75, 3.05) is 26.9 Å². The van der Waals surface area contributed by atoms with Crippen LogP contribution >= 0.6 is 11.8 Å². The number of hydrogen-bond acceptors (Lipinski definition) is 3. The van der Waals surface area contributed by atoms with E-state index in [1.165, 1.54) is 21.6 Å². The van der Waals surface area contributed by atoms with E-state index in [1.54, 1.807) is 11.8 Å². The second-order valence-electron chi connectivity index (χ2n) is 7.34. The lowest BCUT2D eigenvalue weighted by Crippen LogP contribution is -2.38. The lowest BCUT2D eigenvalue weighted by Gasteiger charge is -2.22. The van der Waals surface area contributed by atoms with Gasteiger partial charge in [0, 0.05) is 51.6 Å². The highest BCUT2D eigenvalue weighted by molar-refractivity contribution is 7.98. The maximum absolute atomic E-state index is 11.8. The molecule has 0 spiro atoms. The van der Waals surface area contributed by atoms with E-state index < -0.39 is 0 Å². The Morgan fingerprint density at radius 3 is 2.34 bits per heavy atom. The molecule has 0 saturated carbocycles. The molecule has 1 heterocycles. The molecule has 0 bridgehead atoms. The van der Waals surface area contributed by atoms with E-state index in [2.05, 4.69) is 70.0 Å². The van der Waals surface area contributed by atoms with Crippen LogP contribution in [0, 0.1) is 0 Å².